The van der Waals surface area contributed by atoms with E-state index in [1.165, 1.54) is 0 Å². The summed E-state index contributed by atoms with van der Waals surface area (Å²) in [5, 5.41) is 0. The number of guanidine groups is 1. The molecular formula is C12H11N5O. The fraction of sp³-hybridized carbons (Fsp3) is 0.167. The second-order valence-electron chi connectivity index (χ2n) is 4.08. The molecule has 0 aliphatic carbocycles. The van der Waals surface area contributed by atoms with Crippen LogP contribution in [0.15, 0.2) is 45.3 Å². The Hall–Kier alpha value is -2.50. The molecule has 6 heteroatoms. The van der Waals surface area contributed by atoms with Crippen molar-refractivity contribution in [3.63, 3.8) is 0 Å². The fourth-order valence-corrected chi connectivity index (χ4v) is 2.00. The Kier molecular flexibility index (Phi) is 2.40. The van der Waals surface area contributed by atoms with Gasteiger partial charge in [0.2, 0.25) is 5.96 Å². The summed E-state index contributed by atoms with van der Waals surface area (Å²) in [7, 11) is 0. The highest BCUT2D eigenvalue weighted by molar-refractivity contribution is 6.21. The maximum atomic E-state index is 11.8. The average Bonchev–Trinajstić information content (AvgIpc) is 2.73. The largest absolute Gasteiger partial charge is 0.368 e. The highest BCUT2D eigenvalue weighted by Crippen LogP contribution is 2.17. The quantitative estimate of drug-likeness (QED) is 0.800. The zero-order valence-corrected chi connectivity index (χ0v) is 9.52. The molecule has 1 amide bonds. The Morgan fingerprint density at radius 3 is 2.78 bits per heavy atom. The van der Waals surface area contributed by atoms with Gasteiger partial charge in [-0.25, -0.2) is 4.99 Å². The van der Waals surface area contributed by atoms with Crippen molar-refractivity contribution in [1.82, 2.24) is 4.90 Å². The van der Waals surface area contributed by atoms with E-state index >= 15 is 0 Å². The zero-order chi connectivity index (χ0) is 12.5. The van der Waals surface area contributed by atoms with E-state index in [9.17, 15) is 4.79 Å². The number of benzene rings is 1. The third kappa shape index (κ3) is 1.77. The van der Waals surface area contributed by atoms with Gasteiger partial charge in [-0.05, 0) is 5.56 Å². The van der Waals surface area contributed by atoms with Gasteiger partial charge in [0.15, 0.2) is 11.9 Å². The molecule has 0 saturated heterocycles. The molecule has 0 radical (unpaired) electrons. The van der Waals surface area contributed by atoms with Gasteiger partial charge in [0.05, 0.1) is 6.34 Å². The minimum Gasteiger partial charge on any atom is -0.368 e. The number of carbonyl (C=O) groups excluding carboxylic acids is 1. The highest BCUT2D eigenvalue weighted by atomic mass is 16.2. The van der Waals surface area contributed by atoms with E-state index in [2.05, 4.69) is 15.0 Å². The molecule has 1 atom stereocenters. The molecule has 0 fully saturated rings. The molecule has 0 spiro atoms. The topological polar surface area (TPSA) is 83.4 Å². The summed E-state index contributed by atoms with van der Waals surface area (Å²) in [6, 6.07) is 9.32. The number of carbonyl (C=O) groups is 1. The fourth-order valence-electron chi connectivity index (χ4n) is 2.00. The summed E-state index contributed by atoms with van der Waals surface area (Å²) in [4.78, 5) is 25.4. The van der Waals surface area contributed by atoms with Gasteiger partial charge in [-0.2, -0.15) is 9.98 Å². The van der Waals surface area contributed by atoms with Crippen LogP contribution in [0.3, 0.4) is 0 Å². The lowest BCUT2D eigenvalue weighted by molar-refractivity contribution is -0.119. The van der Waals surface area contributed by atoms with Crippen molar-refractivity contribution >= 4 is 24.0 Å². The first kappa shape index (κ1) is 10.6. The smallest absolute Gasteiger partial charge is 0.279 e. The third-order valence-electron chi connectivity index (χ3n) is 2.81. The van der Waals surface area contributed by atoms with Crippen LogP contribution in [-0.2, 0) is 11.3 Å². The van der Waals surface area contributed by atoms with E-state index in [-0.39, 0.29) is 11.9 Å². The van der Waals surface area contributed by atoms with Gasteiger partial charge >= 0.3 is 0 Å². The van der Waals surface area contributed by atoms with Crippen molar-refractivity contribution in [3.8, 4) is 0 Å². The minimum atomic E-state index is -0.530. The van der Waals surface area contributed by atoms with Gasteiger partial charge < -0.3 is 10.6 Å². The molecule has 0 saturated carbocycles. The van der Waals surface area contributed by atoms with Crippen molar-refractivity contribution in [2.45, 2.75) is 12.6 Å². The van der Waals surface area contributed by atoms with Crippen molar-refractivity contribution in [1.29, 1.82) is 0 Å². The van der Waals surface area contributed by atoms with Crippen molar-refractivity contribution in [2.75, 3.05) is 0 Å². The number of hydrogen-bond donors (Lipinski definition) is 1. The summed E-state index contributed by atoms with van der Waals surface area (Å²) in [6.45, 7) is 0.592. The van der Waals surface area contributed by atoms with E-state index < -0.39 is 6.04 Å². The summed E-state index contributed by atoms with van der Waals surface area (Å²) in [5.74, 6) is 0.0827. The number of rotatable bonds is 2. The Morgan fingerprint density at radius 1 is 1.22 bits per heavy atom. The van der Waals surface area contributed by atoms with Crippen LogP contribution >= 0.6 is 0 Å². The normalized spacial score (nSPS) is 21.7. The number of nitrogens with zero attached hydrogens (tertiary/aromatic N) is 4. The van der Waals surface area contributed by atoms with Crippen LogP contribution in [0.4, 0.5) is 0 Å². The highest BCUT2D eigenvalue weighted by Gasteiger charge is 2.36. The van der Waals surface area contributed by atoms with Gasteiger partial charge in [0, 0.05) is 6.54 Å². The third-order valence-corrected chi connectivity index (χ3v) is 2.81. The standard InChI is InChI=1S/C12H11N5O/c13-12-15-10-9(11(18)16-12)17(7-14-10)6-8-4-2-1-3-5-8/h1-5,7,9H,6H2,(H2,13,16,18). The molecule has 90 valence electrons. The first-order valence-electron chi connectivity index (χ1n) is 5.54. The molecule has 2 aliphatic rings. The van der Waals surface area contributed by atoms with Gasteiger partial charge in [-0.1, -0.05) is 30.3 Å². The molecule has 18 heavy (non-hydrogen) atoms. The van der Waals surface area contributed by atoms with Crippen molar-refractivity contribution in [2.24, 2.45) is 20.7 Å². The number of fused-ring (bicyclic) bond motifs is 1. The molecular weight excluding hydrogens is 230 g/mol. The molecule has 2 N–H and O–H groups in total. The van der Waals surface area contributed by atoms with E-state index in [4.69, 9.17) is 5.73 Å². The van der Waals surface area contributed by atoms with E-state index in [1.54, 1.807) is 6.34 Å². The summed E-state index contributed by atoms with van der Waals surface area (Å²) < 4.78 is 0. The van der Waals surface area contributed by atoms with Crippen LogP contribution in [0.5, 0.6) is 0 Å². The Labute approximate surface area is 104 Å². The maximum Gasteiger partial charge on any atom is 0.279 e. The monoisotopic (exact) mass is 241 g/mol. The predicted octanol–water partition coefficient (Wildman–Crippen LogP) is 0.152. The van der Waals surface area contributed by atoms with Crippen molar-refractivity contribution < 1.29 is 4.79 Å². The molecule has 3 rings (SSSR count). The molecule has 0 bridgehead atoms. The molecule has 1 aromatic carbocycles. The Morgan fingerprint density at radius 2 is 2.00 bits per heavy atom. The summed E-state index contributed by atoms with van der Waals surface area (Å²) in [5.41, 5.74) is 6.53. The lowest BCUT2D eigenvalue weighted by Crippen LogP contribution is -2.43. The zero-order valence-electron chi connectivity index (χ0n) is 9.52. The minimum absolute atomic E-state index is 0.0232. The number of aliphatic imine (C=N–C) groups is 3. The van der Waals surface area contributed by atoms with Gasteiger partial charge in [0.1, 0.15) is 0 Å². The van der Waals surface area contributed by atoms with E-state index in [1.807, 2.05) is 35.2 Å². The molecule has 2 heterocycles. The number of hydrogen-bond acceptors (Lipinski definition) is 5. The summed E-state index contributed by atoms with van der Waals surface area (Å²) in [6.07, 6.45) is 1.61. The van der Waals surface area contributed by atoms with Gasteiger partial charge in [-0.15, -0.1) is 0 Å². The second kappa shape index (κ2) is 4.06. The molecule has 0 aromatic heterocycles. The van der Waals surface area contributed by atoms with Crippen LogP contribution in [0.25, 0.3) is 0 Å². The lowest BCUT2D eigenvalue weighted by Gasteiger charge is -2.22. The van der Waals surface area contributed by atoms with Crippen LogP contribution in [0, 0.1) is 0 Å². The lowest BCUT2D eigenvalue weighted by atomic mass is 10.1. The maximum absolute atomic E-state index is 11.8. The van der Waals surface area contributed by atoms with Crippen LogP contribution in [0.1, 0.15) is 5.56 Å². The predicted molar refractivity (Wildman–Crippen MR) is 68.3 cm³/mol. The first-order valence-corrected chi connectivity index (χ1v) is 5.54. The van der Waals surface area contributed by atoms with E-state index in [0.717, 1.165) is 5.56 Å². The van der Waals surface area contributed by atoms with Crippen molar-refractivity contribution in [3.05, 3.63) is 35.9 Å². The van der Waals surface area contributed by atoms with Crippen LogP contribution in [0.2, 0.25) is 0 Å². The Bertz CT molecular complexity index is 575. The van der Waals surface area contributed by atoms with Gasteiger partial charge in [0.25, 0.3) is 5.91 Å². The van der Waals surface area contributed by atoms with Crippen LogP contribution in [-0.4, -0.2) is 35.0 Å². The Balaban J connectivity index is 1.83. The molecule has 2 aliphatic heterocycles. The average molecular weight is 241 g/mol. The number of nitrogens with two attached hydrogens (primary N) is 1. The molecule has 1 unspecified atom stereocenters. The van der Waals surface area contributed by atoms with Gasteiger partial charge in [-0.3, -0.25) is 4.79 Å². The molecule has 1 aromatic rings. The first-order chi connectivity index (χ1) is 8.74. The number of amides is 1. The van der Waals surface area contributed by atoms with E-state index in [0.29, 0.717) is 12.4 Å². The molecule has 6 nitrogen and oxygen atoms in total. The number of amidine groups is 1. The summed E-state index contributed by atoms with van der Waals surface area (Å²) >= 11 is 0. The second-order valence-corrected chi connectivity index (χ2v) is 4.08. The van der Waals surface area contributed by atoms with Crippen LogP contribution < -0.4 is 5.73 Å². The SMILES string of the molecule is NC1=NC(=O)C2C(=N1)N=CN2Cc1ccccc1.